The van der Waals surface area contributed by atoms with Gasteiger partial charge in [0.25, 0.3) is 0 Å². The van der Waals surface area contributed by atoms with Crippen LogP contribution in [0.1, 0.15) is 17.8 Å². The second-order valence-electron chi connectivity index (χ2n) is 2.63. The molecular formula is C10H9N3O2. The van der Waals surface area contributed by atoms with Gasteiger partial charge in [0.05, 0.1) is 13.5 Å². The minimum atomic E-state index is -0.305. The minimum absolute atomic E-state index is 0.125. The molecule has 5 heteroatoms. The molecular weight excluding hydrogens is 194 g/mol. The zero-order valence-corrected chi connectivity index (χ0v) is 8.17. The van der Waals surface area contributed by atoms with Crippen molar-refractivity contribution >= 4 is 12.0 Å². The molecule has 0 bridgehead atoms. The van der Waals surface area contributed by atoms with Gasteiger partial charge in [-0.1, -0.05) is 12.2 Å². The largest absolute Gasteiger partial charge is 0.469 e. The topological polar surface area (TPSA) is 75.9 Å². The number of ether oxygens (including phenoxy) is 1. The van der Waals surface area contributed by atoms with E-state index in [9.17, 15) is 4.79 Å². The van der Waals surface area contributed by atoms with Gasteiger partial charge >= 0.3 is 5.97 Å². The van der Waals surface area contributed by atoms with Gasteiger partial charge in [-0.05, 0) is 0 Å². The van der Waals surface area contributed by atoms with Crippen molar-refractivity contribution in [2.45, 2.75) is 6.42 Å². The highest BCUT2D eigenvalue weighted by Gasteiger charge is 1.95. The molecule has 1 heterocycles. The predicted octanol–water partition coefficient (Wildman–Crippen LogP) is 0.925. The summed E-state index contributed by atoms with van der Waals surface area (Å²) < 4.78 is 4.46. The van der Waals surface area contributed by atoms with Crippen molar-refractivity contribution in [3.05, 3.63) is 29.9 Å². The molecule has 1 aromatic rings. The normalized spacial score (nSPS) is 9.87. The third kappa shape index (κ3) is 3.56. The summed E-state index contributed by atoms with van der Waals surface area (Å²) in [5.41, 5.74) is 0.734. The van der Waals surface area contributed by atoms with Gasteiger partial charge in [-0.25, -0.2) is 9.97 Å². The van der Waals surface area contributed by atoms with Gasteiger partial charge in [0.15, 0.2) is 0 Å². The number of hydrogen-bond acceptors (Lipinski definition) is 5. The lowest BCUT2D eigenvalue weighted by molar-refractivity contribution is -0.139. The Morgan fingerprint density at radius 2 is 2.27 bits per heavy atom. The highest BCUT2D eigenvalue weighted by molar-refractivity contribution is 5.72. The fraction of sp³-hybridized carbons (Fsp3) is 0.200. The Hall–Kier alpha value is -2.22. The summed E-state index contributed by atoms with van der Waals surface area (Å²) in [5, 5.41) is 8.46. The molecule has 0 unspecified atom stereocenters. The molecule has 0 aliphatic carbocycles. The number of carbonyl (C=O) groups excluding carboxylic acids is 1. The van der Waals surface area contributed by atoms with E-state index in [0.717, 1.165) is 5.56 Å². The van der Waals surface area contributed by atoms with E-state index in [0.29, 0.717) is 0 Å². The lowest BCUT2D eigenvalue weighted by Crippen LogP contribution is -1.96. The summed E-state index contributed by atoms with van der Waals surface area (Å²) in [6, 6.07) is 1.82. The number of esters is 1. The van der Waals surface area contributed by atoms with Gasteiger partial charge in [-0.2, -0.15) is 5.26 Å². The van der Waals surface area contributed by atoms with Crippen molar-refractivity contribution < 1.29 is 9.53 Å². The minimum Gasteiger partial charge on any atom is -0.469 e. The number of hydrogen-bond donors (Lipinski definition) is 0. The van der Waals surface area contributed by atoms with Gasteiger partial charge in [-0.3, -0.25) is 4.79 Å². The van der Waals surface area contributed by atoms with Crippen LogP contribution in [0.2, 0.25) is 0 Å². The number of carbonyl (C=O) groups is 1. The Labute approximate surface area is 87.0 Å². The fourth-order valence-corrected chi connectivity index (χ4v) is 0.856. The molecule has 0 saturated carbocycles. The summed E-state index contributed by atoms with van der Waals surface area (Å²) in [7, 11) is 1.33. The van der Waals surface area contributed by atoms with Crippen molar-refractivity contribution in [1.29, 1.82) is 5.26 Å². The average molecular weight is 203 g/mol. The molecule has 76 valence electrons. The Kier molecular flexibility index (Phi) is 3.98. The molecule has 0 saturated heterocycles. The molecule has 0 fully saturated rings. The lowest BCUT2D eigenvalue weighted by Gasteiger charge is -1.93. The van der Waals surface area contributed by atoms with E-state index in [2.05, 4.69) is 14.7 Å². The molecule has 0 radical (unpaired) electrons. The zero-order valence-electron chi connectivity index (χ0n) is 8.17. The van der Waals surface area contributed by atoms with E-state index in [1.165, 1.54) is 19.5 Å². The van der Waals surface area contributed by atoms with Crippen LogP contribution in [-0.2, 0) is 9.53 Å². The highest BCUT2D eigenvalue weighted by Crippen LogP contribution is 2.00. The number of rotatable bonds is 3. The first-order chi connectivity index (χ1) is 7.26. The number of aromatic nitrogens is 2. The summed E-state index contributed by atoms with van der Waals surface area (Å²) in [6.07, 6.45) is 6.57. The molecule has 1 rings (SSSR count). The van der Waals surface area contributed by atoms with Gasteiger partial charge in [-0.15, -0.1) is 0 Å². The van der Waals surface area contributed by atoms with Crippen LogP contribution in [0.25, 0.3) is 6.08 Å². The van der Waals surface area contributed by atoms with Crippen molar-refractivity contribution in [3.63, 3.8) is 0 Å². The molecule has 0 N–H and O–H groups in total. The van der Waals surface area contributed by atoms with Crippen LogP contribution in [0.5, 0.6) is 0 Å². The highest BCUT2D eigenvalue weighted by atomic mass is 16.5. The predicted molar refractivity (Wildman–Crippen MR) is 52.4 cm³/mol. The van der Waals surface area contributed by atoms with Crippen molar-refractivity contribution in [3.8, 4) is 6.07 Å². The third-order valence-electron chi connectivity index (χ3n) is 1.59. The Bertz CT molecular complexity index is 404. The van der Waals surface area contributed by atoms with E-state index in [-0.39, 0.29) is 18.2 Å². The first-order valence-corrected chi connectivity index (χ1v) is 4.21. The molecule has 0 aliphatic rings. The Morgan fingerprint density at radius 1 is 1.60 bits per heavy atom. The number of methoxy groups -OCH3 is 1. The Morgan fingerprint density at radius 3 is 2.80 bits per heavy atom. The van der Waals surface area contributed by atoms with E-state index in [4.69, 9.17) is 5.26 Å². The molecule has 0 aliphatic heterocycles. The first kappa shape index (κ1) is 10.9. The summed E-state index contributed by atoms with van der Waals surface area (Å²) in [5.74, 6) is -0.180. The average Bonchev–Trinajstić information content (AvgIpc) is 2.29. The maximum atomic E-state index is 10.8. The van der Waals surface area contributed by atoms with E-state index in [1.54, 1.807) is 12.2 Å². The number of nitrogens with zero attached hydrogens (tertiary/aromatic N) is 3. The van der Waals surface area contributed by atoms with Crippen molar-refractivity contribution in [2.75, 3.05) is 7.11 Å². The molecule has 0 amide bonds. The first-order valence-electron chi connectivity index (χ1n) is 4.21. The van der Waals surface area contributed by atoms with Crippen LogP contribution in [-0.4, -0.2) is 23.0 Å². The zero-order chi connectivity index (χ0) is 11.1. The van der Waals surface area contributed by atoms with Gasteiger partial charge in [0, 0.05) is 18.0 Å². The van der Waals surface area contributed by atoms with Crippen molar-refractivity contribution in [1.82, 2.24) is 9.97 Å². The van der Waals surface area contributed by atoms with Gasteiger partial charge in [0.2, 0.25) is 5.82 Å². The van der Waals surface area contributed by atoms with Crippen LogP contribution >= 0.6 is 0 Å². The van der Waals surface area contributed by atoms with Gasteiger partial charge < -0.3 is 4.74 Å². The molecule has 15 heavy (non-hydrogen) atoms. The molecule has 5 nitrogen and oxygen atoms in total. The molecule has 0 spiro atoms. The maximum Gasteiger partial charge on any atom is 0.309 e. The summed E-state index contributed by atoms with van der Waals surface area (Å²) in [6.45, 7) is 0. The van der Waals surface area contributed by atoms with Crippen molar-refractivity contribution in [2.24, 2.45) is 0 Å². The van der Waals surface area contributed by atoms with Crippen LogP contribution in [0.15, 0.2) is 18.5 Å². The number of nitriles is 1. The van der Waals surface area contributed by atoms with Crippen LogP contribution in [0.3, 0.4) is 0 Å². The Balaban J connectivity index is 2.58. The van der Waals surface area contributed by atoms with Crippen LogP contribution in [0, 0.1) is 11.3 Å². The van der Waals surface area contributed by atoms with Crippen LogP contribution < -0.4 is 0 Å². The third-order valence-corrected chi connectivity index (χ3v) is 1.59. The molecule has 0 atom stereocenters. The summed E-state index contributed by atoms with van der Waals surface area (Å²) >= 11 is 0. The van der Waals surface area contributed by atoms with E-state index < -0.39 is 0 Å². The van der Waals surface area contributed by atoms with Gasteiger partial charge in [0.1, 0.15) is 6.07 Å². The van der Waals surface area contributed by atoms with E-state index >= 15 is 0 Å². The summed E-state index contributed by atoms with van der Waals surface area (Å²) in [4.78, 5) is 18.3. The SMILES string of the molecule is COC(=O)CC=Cc1cnc(C#N)nc1. The monoisotopic (exact) mass is 203 g/mol. The quantitative estimate of drug-likeness (QED) is 0.683. The fourth-order valence-electron chi connectivity index (χ4n) is 0.856. The molecule has 0 aromatic carbocycles. The second kappa shape index (κ2) is 5.50. The standard InChI is InChI=1S/C10H9N3O2/c1-15-10(14)4-2-3-8-6-12-9(5-11)13-7-8/h2-3,6-7H,4H2,1H3. The molecule has 1 aromatic heterocycles. The maximum absolute atomic E-state index is 10.8. The van der Waals surface area contributed by atoms with Crippen LogP contribution in [0.4, 0.5) is 0 Å². The lowest BCUT2D eigenvalue weighted by atomic mass is 10.3. The second-order valence-corrected chi connectivity index (χ2v) is 2.63. The smallest absolute Gasteiger partial charge is 0.309 e. The van der Waals surface area contributed by atoms with E-state index in [1.807, 2.05) is 6.07 Å².